The lowest BCUT2D eigenvalue weighted by Crippen LogP contribution is -2.45. The molecule has 0 radical (unpaired) electrons. The Kier molecular flexibility index (Phi) is 12.5. The molecule has 0 aliphatic carbocycles. The van der Waals surface area contributed by atoms with Crippen molar-refractivity contribution in [1.82, 2.24) is 0 Å². The molecule has 0 atom stereocenters. The van der Waals surface area contributed by atoms with Gasteiger partial charge in [-0.3, -0.25) is 0 Å². The zero-order valence-electron chi connectivity index (χ0n) is 14.0. The summed E-state index contributed by atoms with van der Waals surface area (Å²) < 4.78 is 16.3. The highest BCUT2D eigenvalue weighted by atomic mass is 28.4. The number of hydrogen-bond acceptors (Lipinski definition) is 3. The van der Waals surface area contributed by atoms with Gasteiger partial charge in [-0.2, -0.15) is 0 Å². The average molecular weight is 303 g/mol. The summed E-state index contributed by atoms with van der Waals surface area (Å²) in [4.78, 5) is 0. The Morgan fingerprint density at radius 2 is 1.15 bits per heavy atom. The number of unbranched alkanes of at least 4 members (excludes halogenated alkanes) is 8. The molecule has 0 aliphatic rings. The largest absolute Gasteiger partial charge is 0.531 e. The summed E-state index contributed by atoms with van der Waals surface area (Å²) in [5.41, 5.74) is 0. The van der Waals surface area contributed by atoms with Crippen molar-refractivity contribution in [1.29, 1.82) is 0 Å². The molecule has 3 nitrogen and oxygen atoms in total. The Balaban J connectivity index is 3.61. The van der Waals surface area contributed by atoms with E-state index in [1.165, 1.54) is 51.4 Å². The van der Waals surface area contributed by atoms with Crippen molar-refractivity contribution >= 4 is 8.80 Å². The standard InChI is InChI=1S/C16H34O3Si/c1-6-7-8-9-10-11-12-13-14-15-16(2)20(17-3,18-4)19-5/h2,6-15H2,1,3-5H3. The molecule has 0 N–H and O–H groups in total. The quantitative estimate of drug-likeness (QED) is 0.338. The van der Waals surface area contributed by atoms with Crippen LogP contribution in [0.3, 0.4) is 0 Å². The fourth-order valence-corrected chi connectivity index (χ4v) is 4.33. The first-order chi connectivity index (χ1) is 9.66. The van der Waals surface area contributed by atoms with Gasteiger partial charge >= 0.3 is 8.80 Å². The van der Waals surface area contributed by atoms with Crippen molar-refractivity contribution < 1.29 is 13.3 Å². The minimum atomic E-state index is -2.61. The Morgan fingerprint density at radius 3 is 1.55 bits per heavy atom. The molecule has 0 fully saturated rings. The lowest BCUT2D eigenvalue weighted by Gasteiger charge is -2.26. The van der Waals surface area contributed by atoms with Crippen molar-refractivity contribution in [3.63, 3.8) is 0 Å². The van der Waals surface area contributed by atoms with Crippen molar-refractivity contribution in [2.75, 3.05) is 21.3 Å². The minimum Gasteiger partial charge on any atom is -0.374 e. The Labute approximate surface area is 127 Å². The van der Waals surface area contributed by atoms with Crippen molar-refractivity contribution in [2.24, 2.45) is 0 Å². The van der Waals surface area contributed by atoms with E-state index in [-0.39, 0.29) is 0 Å². The van der Waals surface area contributed by atoms with Crippen LogP contribution >= 0.6 is 0 Å². The number of rotatable bonds is 14. The van der Waals surface area contributed by atoms with Crippen molar-refractivity contribution in [3.05, 3.63) is 11.8 Å². The molecular formula is C16H34O3Si. The molecule has 0 rings (SSSR count). The molecule has 0 aromatic rings. The van der Waals surface area contributed by atoms with Gasteiger partial charge in [-0.25, -0.2) is 0 Å². The Bertz CT molecular complexity index is 232. The topological polar surface area (TPSA) is 27.7 Å². The fraction of sp³-hybridized carbons (Fsp3) is 0.875. The zero-order chi connectivity index (χ0) is 15.3. The van der Waals surface area contributed by atoms with Gasteiger partial charge in [0.25, 0.3) is 0 Å². The number of allylic oxidation sites excluding steroid dienone is 1. The molecule has 120 valence electrons. The molecule has 0 amide bonds. The maximum Gasteiger partial charge on any atom is 0.531 e. The highest BCUT2D eigenvalue weighted by Gasteiger charge is 2.41. The average Bonchev–Trinajstić information content (AvgIpc) is 2.48. The molecule has 0 aromatic carbocycles. The monoisotopic (exact) mass is 302 g/mol. The van der Waals surface area contributed by atoms with Crippen LogP contribution < -0.4 is 0 Å². The third kappa shape index (κ3) is 7.57. The maximum absolute atomic E-state index is 5.43. The van der Waals surface area contributed by atoms with E-state index in [2.05, 4.69) is 13.5 Å². The van der Waals surface area contributed by atoms with Crippen molar-refractivity contribution in [3.8, 4) is 0 Å². The van der Waals surface area contributed by atoms with E-state index in [9.17, 15) is 0 Å². The highest BCUT2D eigenvalue weighted by Crippen LogP contribution is 2.22. The maximum atomic E-state index is 5.43. The van der Waals surface area contributed by atoms with Crippen LogP contribution in [0.15, 0.2) is 11.8 Å². The summed E-state index contributed by atoms with van der Waals surface area (Å²) in [5.74, 6) is 0. The molecule has 0 bridgehead atoms. The summed E-state index contributed by atoms with van der Waals surface area (Å²) in [6, 6.07) is 0. The van der Waals surface area contributed by atoms with Gasteiger partial charge in [0.1, 0.15) is 0 Å². The van der Waals surface area contributed by atoms with Crippen LogP contribution in [-0.2, 0) is 13.3 Å². The first-order valence-electron chi connectivity index (χ1n) is 8.00. The van der Waals surface area contributed by atoms with E-state index in [1.54, 1.807) is 21.3 Å². The van der Waals surface area contributed by atoms with Crippen LogP contribution in [0.1, 0.15) is 71.1 Å². The molecule has 0 aromatic heterocycles. The molecule has 4 heteroatoms. The van der Waals surface area contributed by atoms with Crippen LogP contribution in [0.4, 0.5) is 0 Å². The summed E-state index contributed by atoms with van der Waals surface area (Å²) in [6.07, 6.45) is 12.9. The fourth-order valence-electron chi connectivity index (χ4n) is 2.49. The second-order valence-corrected chi connectivity index (χ2v) is 8.39. The first kappa shape index (κ1) is 19.8. The van der Waals surface area contributed by atoms with Gasteiger partial charge in [0, 0.05) is 21.3 Å². The Morgan fingerprint density at radius 1 is 0.750 bits per heavy atom. The molecule has 0 aliphatic heterocycles. The molecule has 0 heterocycles. The molecule has 0 spiro atoms. The predicted molar refractivity (Wildman–Crippen MR) is 87.8 cm³/mol. The SMILES string of the molecule is C=C(CCCCCCCCCCC)[Si](OC)(OC)OC. The lowest BCUT2D eigenvalue weighted by atomic mass is 10.1. The van der Waals surface area contributed by atoms with E-state index in [0.29, 0.717) is 0 Å². The molecular weight excluding hydrogens is 268 g/mol. The van der Waals surface area contributed by atoms with E-state index in [1.807, 2.05) is 0 Å². The van der Waals surface area contributed by atoms with Crippen LogP contribution in [-0.4, -0.2) is 30.1 Å². The summed E-state index contributed by atoms with van der Waals surface area (Å²) >= 11 is 0. The van der Waals surface area contributed by atoms with Gasteiger partial charge in [0.2, 0.25) is 0 Å². The van der Waals surface area contributed by atoms with Gasteiger partial charge in [-0.05, 0) is 18.0 Å². The Hall–Kier alpha value is -0.163. The van der Waals surface area contributed by atoms with E-state index >= 15 is 0 Å². The summed E-state index contributed by atoms with van der Waals surface area (Å²) in [7, 11) is 2.31. The van der Waals surface area contributed by atoms with Gasteiger partial charge < -0.3 is 13.3 Å². The smallest absolute Gasteiger partial charge is 0.374 e. The van der Waals surface area contributed by atoms with Crippen LogP contribution in [0.25, 0.3) is 0 Å². The molecule has 20 heavy (non-hydrogen) atoms. The van der Waals surface area contributed by atoms with Crippen LogP contribution in [0, 0.1) is 0 Å². The second-order valence-electron chi connectivity index (χ2n) is 5.35. The molecule has 0 unspecified atom stereocenters. The van der Waals surface area contributed by atoms with Gasteiger partial charge in [-0.15, -0.1) is 0 Å². The lowest BCUT2D eigenvalue weighted by molar-refractivity contribution is 0.133. The van der Waals surface area contributed by atoms with Gasteiger partial charge in [-0.1, -0.05) is 64.9 Å². The predicted octanol–water partition coefficient (Wildman–Crippen LogP) is 4.88. The zero-order valence-corrected chi connectivity index (χ0v) is 15.0. The van der Waals surface area contributed by atoms with E-state index in [0.717, 1.165) is 18.0 Å². The van der Waals surface area contributed by atoms with E-state index in [4.69, 9.17) is 13.3 Å². The van der Waals surface area contributed by atoms with Gasteiger partial charge in [0.05, 0.1) is 0 Å². The number of hydrogen-bond donors (Lipinski definition) is 0. The highest BCUT2D eigenvalue weighted by molar-refractivity contribution is 6.68. The first-order valence-corrected chi connectivity index (χ1v) is 9.73. The second kappa shape index (κ2) is 12.6. The summed E-state index contributed by atoms with van der Waals surface area (Å²) in [5, 5.41) is 0.993. The minimum absolute atomic E-state index is 0.942. The van der Waals surface area contributed by atoms with Crippen LogP contribution in [0.2, 0.25) is 0 Å². The summed E-state index contributed by atoms with van der Waals surface area (Å²) in [6.45, 7) is 6.35. The van der Waals surface area contributed by atoms with Crippen LogP contribution in [0.5, 0.6) is 0 Å². The van der Waals surface area contributed by atoms with Gasteiger partial charge in [0.15, 0.2) is 0 Å². The third-order valence-corrected chi connectivity index (χ3v) is 6.55. The third-order valence-electron chi connectivity index (χ3n) is 3.82. The van der Waals surface area contributed by atoms with E-state index < -0.39 is 8.80 Å². The molecule has 0 saturated carbocycles. The van der Waals surface area contributed by atoms with Crippen molar-refractivity contribution in [2.45, 2.75) is 71.1 Å². The molecule has 0 saturated heterocycles. The normalized spacial score (nSPS) is 11.8.